The van der Waals surface area contributed by atoms with Gasteiger partial charge in [-0.2, -0.15) is 0 Å². The molecule has 2 aliphatic heterocycles. The number of hydrogen-bond donors (Lipinski definition) is 2. The number of carbonyl (C=O) groups is 3. The van der Waals surface area contributed by atoms with E-state index in [1.165, 1.54) is 0 Å². The van der Waals surface area contributed by atoms with E-state index in [1.807, 2.05) is 0 Å². The summed E-state index contributed by atoms with van der Waals surface area (Å²) in [5, 5.41) is 12.3. The van der Waals surface area contributed by atoms with Crippen LogP contribution in [0.5, 0.6) is 0 Å². The fraction of sp³-hybridized carbons (Fsp3) is 0.500. The smallest absolute Gasteiger partial charge is 0.311 e. The molecule has 2 saturated heterocycles. The zero-order valence-corrected chi connectivity index (χ0v) is 14.0. The van der Waals surface area contributed by atoms with Crippen LogP contribution in [0.1, 0.15) is 36.0 Å². The monoisotopic (exact) mass is 346 g/mol. The molecule has 0 bridgehead atoms. The third-order valence-corrected chi connectivity index (χ3v) is 4.98. The maximum atomic E-state index is 12.5. The number of hydrogen-bond acceptors (Lipinski definition) is 4. The molecule has 1 aromatic carbocycles. The molecule has 3 rings (SSSR count). The molecule has 7 nitrogen and oxygen atoms in total. The van der Waals surface area contributed by atoms with Gasteiger partial charge in [0.1, 0.15) is 0 Å². The first-order valence-electron chi connectivity index (χ1n) is 8.52. The first-order valence-corrected chi connectivity index (χ1v) is 8.52. The maximum Gasteiger partial charge on any atom is 0.311 e. The summed E-state index contributed by atoms with van der Waals surface area (Å²) in [5.41, 5.74) is 0.148. The SMILES string of the molecule is O=C(NCC1(C(=O)O)CCOCC1)c1cccc(N2CCCC2=O)c1. The molecule has 0 aromatic heterocycles. The van der Waals surface area contributed by atoms with Crippen molar-refractivity contribution in [1.29, 1.82) is 0 Å². The molecule has 0 atom stereocenters. The van der Waals surface area contributed by atoms with Gasteiger partial charge >= 0.3 is 5.97 Å². The second kappa shape index (κ2) is 7.23. The third-order valence-electron chi connectivity index (χ3n) is 4.98. The lowest BCUT2D eigenvalue weighted by Gasteiger charge is -2.33. The van der Waals surface area contributed by atoms with E-state index in [-0.39, 0.29) is 18.4 Å². The van der Waals surface area contributed by atoms with Gasteiger partial charge in [0.25, 0.3) is 5.91 Å². The summed E-state index contributed by atoms with van der Waals surface area (Å²) < 4.78 is 5.24. The molecule has 2 amide bonds. The zero-order valence-electron chi connectivity index (χ0n) is 14.0. The van der Waals surface area contributed by atoms with Gasteiger partial charge in [0.05, 0.1) is 5.41 Å². The summed E-state index contributed by atoms with van der Waals surface area (Å²) in [6.45, 7) is 1.49. The molecular weight excluding hydrogens is 324 g/mol. The maximum absolute atomic E-state index is 12.5. The van der Waals surface area contributed by atoms with Crippen LogP contribution in [0.4, 0.5) is 5.69 Å². The fourth-order valence-corrected chi connectivity index (χ4v) is 3.32. The molecule has 0 spiro atoms. The summed E-state index contributed by atoms with van der Waals surface area (Å²) in [5.74, 6) is -1.18. The lowest BCUT2D eigenvalue weighted by Crippen LogP contribution is -2.46. The summed E-state index contributed by atoms with van der Waals surface area (Å²) in [6.07, 6.45) is 2.11. The minimum Gasteiger partial charge on any atom is -0.481 e. The number of aliphatic carboxylic acids is 1. The molecule has 134 valence electrons. The van der Waals surface area contributed by atoms with Crippen molar-refractivity contribution in [2.75, 3.05) is 31.2 Å². The van der Waals surface area contributed by atoms with E-state index in [0.29, 0.717) is 50.3 Å². The Morgan fingerprint density at radius 3 is 2.68 bits per heavy atom. The Hall–Kier alpha value is -2.41. The van der Waals surface area contributed by atoms with E-state index in [1.54, 1.807) is 29.2 Å². The molecular formula is C18H22N2O5. The highest BCUT2D eigenvalue weighted by atomic mass is 16.5. The van der Waals surface area contributed by atoms with Crippen LogP contribution in [0, 0.1) is 5.41 Å². The van der Waals surface area contributed by atoms with Gasteiger partial charge in [0.15, 0.2) is 0 Å². The molecule has 0 saturated carbocycles. The highest BCUT2D eigenvalue weighted by Crippen LogP contribution is 2.30. The lowest BCUT2D eigenvalue weighted by atomic mass is 9.80. The summed E-state index contributed by atoms with van der Waals surface area (Å²) in [7, 11) is 0. The average Bonchev–Trinajstić information content (AvgIpc) is 3.06. The Labute approximate surface area is 146 Å². The van der Waals surface area contributed by atoms with Gasteiger partial charge in [-0.1, -0.05) is 6.07 Å². The number of amides is 2. The van der Waals surface area contributed by atoms with E-state index in [0.717, 1.165) is 6.42 Å². The largest absolute Gasteiger partial charge is 0.481 e. The number of carboxylic acids is 1. The third kappa shape index (κ3) is 3.66. The molecule has 2 N–H and O–H groups in total. The number of benzene rings is 1. The number of anilines is 1. The molecule has 2 aliphatic rings. The quantitative estimate of drug-likeness (QED) is 0.841. The fourth-order valence-electron chi connectivity index (χ4n) is 3.32. The number of nitrogens with one attached hydrogen (secondary N) is 1. The summed E-state index contributed by atoms with van der Waals surface area (Å²) in [4.78, 5) is 37.6. The Bertz CT molecular complexity index is 682. The van der Waals surface area contributed by atoms with Gasteiger partial charge in [0.2, 0.25) is 5.91 Å². The minimum atomic E-state index is -0.976. The van der Waals surface area contributed by atoms with Crippen molar-refractivity contribution >= 4 is 23.5 Å². The molecule has 2 heterocycles. The Morgan fingerprint density at radius 2 is 2.04 bits per heavy atom. The molecule has 1 aromatic rings. The molecule has 25 heavy (non-hydrogen) atoms. The average molecular weight is 346 g/mol. The summed E-state index contributed by atoms with van der Waals surface area (Å²) >= 11 is 0. The molecule has 0 radical (unpaired) electrons. The molecule has 0 unspecified atom stereocenters. The van der Waals surface area contributed by atoms with Crippen LogP contribution in [0.3, 0.4) is 0 Å². The number of carboxylic acid groups (broad SMARTS) is 1. The van der Waals surface area contributed by atoms with Gasteiger partial charge in [-0.15, -0.1) is 0 Å². The van der Waals surface area contributed by atoms with Crippen molar-refractivity contribution in [2.24, 2.45) is 5.41 Å². The van der Waals surface area contributed by atoms with Crippen molar-refractivity contribution in [1.82, 2.24) is 5.32 Å². The normalized spacial score (nSPS) is 19.7. The van der Waals surface area contributed by atoms with E-state index >= 15 is 0 Å². The van der Waals surface area contributed by atoms with E-state index in [2.05, 4.69) is 5.32 Å². The van der Waals surface area contributed by atoms with E-state index < -0.39 is 11.4 Å². The number of nitrogens with zero attached hydrogens (tertiary/aromatic N) is 1. The van der Waals surface area contributed by atoms with Crippen molar-refractivity contribution < 1.29 is 24.2 Å². The Kier molecular flexibility index (Phi) is 5.03. The zero-order chi connectivity index (χ0) is 17.9. The van der Waals surface area contributed by atoms with Crippen LogP contribution >= 0.6 is 0 Å². The molecule has 0 aliphatic carbocycles. The first kappa shape index (κ1) is 17.4. The second-order valence-corrected chi connectivity index (χ2v) is 6.58. The van der Waals surface area contributed by atoms with Crippen LogP contribution in [0.15, 0.2) is 24.3 Å². The lowest BCUT2D eigenvalue weighted by molar-refractivity contribution is -0.154. The topological polar surface area (TPSA) is 95.9 Å². The standard InChI is InChI=1S/C18H22N2O5/c21-15-5-2-8-20(15)14-4-1-3-13(11-14)16(22)19-12-18(17(23)24)6-9-25-10-7-18/h1,3-4,11H,2,5-10,12H2,(H,19,22)(H,23,24). The number of carbonyl (C=O) groups excluding carboxylic acids is 2. The van der Waals surface area contributed by atoms with Gasteiger partial charge < -0.3 is 20.1 Å². The van der Waals surface area contributed by atoms with E-state index in [4.69, 9.17) is 4.74 Å². The van der Waals surface area contributed by atoms with Gasteiger partial charge in [-0.05, 0) is 37.5 Å². The van der Waals surface area contributed by atoms with Gasteiger partial charge in [-0.25, -0.2) is 0 Å². The van der Waals surface area contributed by atoms with Crippen LogP contribution < -0.4 is 10.2 Å². The Morgan fingerprint density at radius 1 is 1.28 bits per heavy atom. The summed E-state index contributed by atoms with van der Waals surface area (Å²) in [6, 6.07) is 6.88. The minimum absolute atomic E-state index is 0.0598. The first-order chi connectivity index (χ1) is 12.0. The van der Waals surface area contributed by atoms with Crippen molar-refractivity contribution in [2.45, 2.75) is 25.7 Å². The van der Waals surface area contributed by atoms with Crippen LogP contribution in [0.25, 0.3) is 0 Å². The van der Waals surface area contributed by atoms with Crippen molar-refractivity contribution in [3.05, 3.63) is 29.8 Å². The van der Waals surface area contributed by atoms with E-state index in [9.17, 15) is 19.5 Å². The highest BCUT2D eigenvalue weighted by Gasteiger charge is 2.40. The second-order valence-electron chi connectivity index (χ2n) is 6.58. The number of ether oxygens (including phenoxy) is 1. The van der Waals surface area contributed by atoms with Crippen LogP contribution in [-0.4, -0.2) is 49.2 Å². The van der Waals surface area contributed by atoms with Gasteiger partial charge in [-0.3, -0.25) is 14.4 Å². The molecule has 7 heteroatoms. The predicted molar refractivity (Wildman–Crippen MR) is 90.5 cm³/mol. The van der Waals surface area contributed by atoms with Crippen LogP contribution in [0.2, 0.25) is 0 Å². The van der Waals surface area contributed by atoms with Crippen molar-refractivity contribution in [3.63, 3.8) is 0 Å². The van der Waals surface area contributed by atoms with Gasteiger partial charge in [0, 0.05) is 44.0 Å². The number of rotatable bonds is 5. The molecule has 2 fully saturated rings. The Balaban J connectivity index is 1.69. The highest BCUT2D eigenvalue weighted by molar-refractivity contribution is 5.99. The van der Waals surface area contributed by atoms with Crippen molar-refractivity contribution in [3.8, 4) is 0 Å². The predicted octanol–water partition coefficient (Wildman–Crippen LogP) is 1.42. The van der Waals surface area contributed by atoms with Crippen LogP contribution in [-0.2, 0) is 14.3 Å².